The van der Waals surface area contributed by atoms with Crippen LogP contribution in [0.4, 0.5) is 5.82 Å². The Labute approximate surface area is 137 Å². The van der Waals surface area contributed by atoms with Gasteiger partial charge in [-0.05, 0) is 32.6 Å². The van der Waals surface area contributed by atoms with Crippen LogP contribution in [0, 0.1) is 12.8 Å². The van der Waals surface area contributed by atoms with Crippen LogP contribution >= 0.6 is 0 Å². The van der Waals surface area contributed by atoms with Gasteiger partial charge in [0.25, 0.3) is 0 Å². The smallest absolute Gasteiger partial charge is 0.225 e. The molecule has 0 fully saturated rings. The van der Waals surface area contributed by atoms with Gasteiger partial charge < -0.3 is 9.88 Å². The van der Waals surface area contributed by atoms with Crippen molar-refractivity contribution in [3.8, 4) is 0 Å². The van der Waals surface area contributed by atoms with Crippen LogP contribution in [0.2, 0.25) is 0 Å². The molecule has 0 aliphatic heterocycles. The number of aromatic nitrogens is 4. The number of carbonyl (C=O) groups is 1. The molecule has 2 rings (SSSR count). The fourth-order valence-electron chi connectivity index (χ4n) is 2.80. The summed E-state index contributed by atoms with van der Waals surface area (Å²) in [6.07, 6.45) is 7.77. The summed E-state index contributed by atoms with van der Waals surface area (Å²) in [6, 6.07) is 2.13. The lowest BCUT2D eigenvalue weighted by atomic mass is 10.1. The molecule has 0 unspecified atom stereocenters. The molecular weight excluding hydrogens is 290 g/mol. The van der Waals surface area contributed by atoms with E-state index in [0.29, 0.717) is 12.3 Å². The normalized spacial score (nSPS) is 12.6. The molecule has 0 spiro atoms. The molecule has 126 valence electrons. The summed E-state index contributed by atoms with van der Waals surface area (Å²) in [4.78, 5) is 16.3. The first kappa shape index (κ1) is 17.2. The summed E-state index contributed by atoms with van der Waals surface area (Å²) in [5, 5.41) is 7.32. The number of nitrogens with one attached hydrogen (secondary N) is 1. The first-order chi connectivity index (χ1) is 11.0. The maximum absolute atomic E-state index is 12.1. The summed E-state index contributed by atoms with van der Waals surface area (Å²) in [6.45, 7) is 9.29. The van der Waals surface area contributed by atoms with E-state index in [1.165, 1.54) is 0 Å². The number of aryl methyl sites for hydroxylation is 2. The van der Waals surface area contributed by atoms with Gasteiger partial charge in [0.05, 0.1) is 12.2 Å². The molecule has 23 heavy (non-hydrogen) atoms. The zero-order chi connectivity index (χ0) is 16.8. The van der Waals surface area contributed by atoms with Crippen LogP contribution in [0.15, 0.2) is 24.7 Å². The predicted octanol–water partition coefficient (Wildman–Crippen LogP) is 3.41. The monoisotopic (exact) mass is 317 g/mol. The van der Waals surface area contributed by atoms with Crippen molar-refractivity contribution >= 4 is 11.7 Å². The van der Waals surface area contributed by atoms with Gasteiger partial charge in [0.1, 0.15) is 11.6 Å². The van der Waals surface area contributed by atoms with Crippen LogP contribution in [0.3, 0.4) is 0 Å². The van der Waals surface area contributed by atoms with Crippen LogP contribution in [0.25, 0.3) is 0 Å². The average molecular weight is 317 g/mol. The number of anilines is 1. The van der Waals surface area contributed by atoms with E-state index >= 15 is 0 Å². The SMILES string of the molecule is Cc1nccn1CCCC(=O)Nc1ccnn1[C@H](C)CC(C)C. The fourth-order valence-corrected chi connectivity index (χ4v) is 2.80. The van der Waals surface area contributed by atoms with Crippen LogP contribution < -0.4 is 5.32 Å². The molecule has 0 aliphatic rings. The predicted molar refractivity (Wildman–Crippen MR) is 91.2 cm³/mol. The maximum atomic E-state index is 12.1. The molecule has 1 atom stereocenters. The third-order valence-electron chi connectivity index (χ3n) is 3.89. The molecule has 0 saturated heterocycles. The minimum absolute atomic E-state index is 0.0289. The van der Waals surface area contributed by atoms with E-state index < -0.39 is 0 Å². The van der Waals surface area contributed by atoms with E-state index in [9.17, 15) is 4.79 Å². The van der Waals surface area contributed by atoms with E-state index in [1.807, 2.05) is 23.9 Å². The lowest BCUT2D eigenvalue weighted by Gasteiger charge is -2.17. The van der Waals surface area contributed by atoms with Crippen molar-refractivity contribution in [3.05, 3.63) is 30.5 Å². The Hall–Kier alpha value is -2.11. The Kier molecular flexibility index (Phi) is 5.96. The van der Waals surface area contributed by atoms with E-state index in [4.69, 9.17) is 0 Å². The quantitative estimate of drug-likeness (QED) is 0.811. The largest absolute Gasteiger partial charge is 0.335 e. The number of nitrogens with zero attached hydrogens (tertiary/aromatic N) is 4. The summed E-state index contributed by atoms with van der Waals surface area (Å²) in [5.41, 5.74) is 0. The molecule has 6 nitrogen and oxygen atoms in total. The second-order valence-electron chi connectivity index (χ2n) is 6.46. The van der Waals surface area contributed by atoms with Crippen molar-refractivity contribution in [2.24, 2.45) is 5.92 Å². The van der Waals surface area contributed by atoms with Gasteiger partial charge >= 0.3 is 0 Å². The van der Waals surface area contributed by atoms with Gasteiger partial charge in [-0.15, -0.1) is 0 Å². The molecule has 2 aromatic rings. The Balaban J connectivity index is 1.83. The highest BCUT2D eigenvalue weighted by Crippen LogP contribution is 2.20. The van der Waals surface area contributed by atoms with Crippen molar-refractivity contribution in [2.75, 3.05) is 5.32 Å². The molecular formula is C17H27N5O. The average Bonchev–Trinajstić information content (AvgIpc) is 3.08. The topological polar surface area (TPSA) is 64.7 Å². The summed E-state index contributed by atoms with van der Waals surface area (Å²) in [5.74, 6) is 2.38. The summed E-state index contributed by atoms with van der Waals surface area (Å²) in [7, 11) is 0. The summed E-state index contributed by atoms with van der Waals surface area (Å²) < 4.78 is 3.96. The molecule has 1 amide bonds. The molecule has 0 aliphatic carbocycles. The van der Waals surface area contributed by atoms with Gasteiger partial charge in [-0.1, -0.05) is 13.8 Å². The van der Waals surface area contributed by atoms with Crippen LogP contribution in [-0.2, 0) is 11.3 Å². The summed E-state index contributed by atoms with van der Waals surface area (Å²) >= 11 is 0. The minimum atomic E-state index is 0.0289. The highest BCUT2D eigenvalue weighted by Gasteiger charge is 2.13. The van der Waals surface area contributed by atoms with Gasteiger partial charge in [-0.25, -0.2) is 9.67 Å². The highest BCUT2D eigenvalue weighted by molar-refractivity contribution is 5.89. The molecule has 0 bridgehead atoms. The molecule has 6 heteroatoms. The van der Waals surface area contributed by atoms with Crippen LogP contribution in [0.5, 0.6) is 0 Å². The number of imidazole rings is 1. The first-order valence-corrected chi connectivity index (χ1v) is 8.28. The number of hydrogen-bond donors (Lipinski definition) is 1. The lowest BCUT2D eigenvalue weighted by molar-refractivity contribution is -0.116. The Morgan fingerprint density at radius 1 is 1.30 bits per heavy atom. The van der Waals surface area contributed by atoms with Gasteiger partial charge in [-0.3, -0.25) is 4.79 Å². The Bertz CT molecular complexity index is 628. The van der Waals surface area contributed by atoms with Gasteiger partial charge in [0, 0.05) is 31.4 Å². The number of rotatable bonds is 8. The number of amides is 1. The molecule has 0 aromatic carbocycles. The first-order valence-electron chi connectivity index (χ1n) is 8.28. The third kappa shape index (κ3) is 4.94. The minimum Gasteiger partial charge on any atom is -0.335 e. The zero-order valence-corrected chi connectivity index (χ0v) is 14.5. The fraction of sp³-hybridized carbons (Fsp3) is 0.588. The molecule has 2 aromatic heterocycles. The van der Waals surface area contributed by atoms with Crippen molar-refractivity contribution in [3.63, 3.8) is 0 Å². The number of hydrogen-bond acceptors (Lipinski definition) is 3. The second-order valence-corrected chi connectivity index (χ2v) is 6.46. The maximum Gasteiger partial charge on any atom is 0.225 e. The third-order valence-corrected chi connectivity index (χ3v) is 3.89. The Morgan fingerprint density at radius 3 is 2.74 bits per heavy atom. The lowest BCUT2D eigenvalue weighted by Crippen LogP contribution is -2.18. The molecule has 1 N–H and O–H groups in total. The van der Waals surface area contributed by atoms with Crippen molar-refractivity contribution < 1.29 is 4.79 Å². The molecule has 0 saturated carbocycles. The van der Waals surface area contributed by atoms with E-state index in [-0.39, 0.29) is 11.9 Å². The van der Waals surface area contributed by atoms with Crippen molar-refractivity contribution in [2.45, 2.75) is 59.5 Å². The number of carbonyl (C=O) groups excluding carboxylic acids is 1. The van der Waals surface area contributed by atoms with Crippen molar-refractivity contribution in [1.29, 1.82) is 0 Å². The van der Waals surface area contributed by atoms with E-state index in [1.54, 1.807) is 12.4 Å². The van der Waals surface area contributed by atoms with Gasteiger partial charge in [0.15, 0.2) is 0 Å². The second kappa shape index (κ2) is 7.94. The Morgan fingerprint density at radius 2 is 2.09 bits per heavy atom. The van der Waals surface area contributed by atoms with Crippen molar-refractivity contribution in [1.82, 2.24) is 19.3 Å². The standard InChI is InChI=1S/C17H27N5O/c1-13(2)12-14(3)22-16(7-8-19-22)20-17(23)6-5-10-21-11-9-18-15(21)4/h7-9,11,13-14H,5-6,10,12H2,1-4H3,(H,20,23)/t14-/m1/s1. The van der Waals surface area contributed by atoms with E-state index in [0.717, 1.165) is 31.0 Å². The van der Waals surface area contributed by atoms with Gasteiger partial charge in [0.2, 0.25) is 5.91 Å². The molecule has 2 heterocycles. The van der Waals surface area contributed by atoms with Crippen LogP contribution in [-0.4, -0.2) is 25.2 Å². The highest BCUT2D eigenvalue weighted by atomic mass is 16.1. The van der Waals surface area contributed by atoms with Crippen LogP contribution in [0.1, 0.15) is 51.9 Å². The zero-order valence-electron chi connectivity index (χ0n) is 14.5. The van der Waals surface area contributed by atoms with Gasteiger partial charge in [-0.2, -0.15) is 5.10 Å². The van der Waals surface area contributed by atoms with E-state index in [2.05, 4.69) is 40.7 Å². The molecule has 0 radical (unpaired) electrons.